The summed E-state index contributed by atoms with van der Waals surface area (Å²) in [6.07, 6.45) is 19.0. The molecule has 5 rings (SSSR count). The van der Waals surface area contributed by atoms with Crippen LogP contribution in [0.25, 0.3) is 0 Å². The number of carbonyl (C=O) groups excluding carboxylic acids is 2. The fourth-order valence-electron chi connectivity index (χ4n) is 11.0. The number of esters is 2. The molecule has 0 radical (unpaired) electrons. The highest BCUT2D eigenvalue weighted by Gasteiger charge is 2.37. The lowest BCUT2D eigenvalue weighted by Crippen LogP contribution is -2.34. The van der Waals surface area contributed by atoms with Gasteiger partial charge >= 0.3 is 11.9 Å². The van der Waals surface area contributed by atoms with E-state index in [4.69, 9.17) is 0 Å². The molecule has 55 heavy (non-hydrogen) atoms. The number of aliphatic hydroxyl groups excluding tert-OH is 1. The quantitative estimate of drug-likeness (QED) is 0.215. The van der Waals surface area contributed by atoms with Crippen LogP contribution in [0.1, 0.15) is 223 Å². The van der Waals surface area contributed by atoms with Gasteiger partial charge in [0.25, 0.3) is 0 Å². The normalized spacial score (nSPS) is 34.3. The summed E-state index contributed by atoms with van der Waals surface area (Å²) in [5.41, 5.74) is 0. The number of hydrogen-bond donors (Lipinski definition) is 1. The summed E-state index contributed by atoms with van der Waals surface area (Å²) in [6, 6.07) is 0. The smallest absolute Gasteiger partial charge is 0.314 e. The average Bonchev–Trinajstić information content (AvgIpc) is 3.39. The van der Waals surface area contributed by atoms with E-state index in [-0.39, 0.29) is 56.1 Å². The molecular weight excluding hydrogens is 677 g/mol. The Hall–Kier alpha value is -0.900. The second-order valence-corrected chi connectivity index (χ2v) is 20.0. The maximum atomic E-state index is 10.0. The average molecular weight is 783 g/mol. The van der Waals surface area contributed by atoms with Crippen LogP contribution in [0.3, 0.4) is 0 Å². The molecule has 0 aromatic rings. The molecule has 4 nitrogen and oxygen atoms in total. The highest BCUT2D eigenvalue weighted by molar-refractivity contribution is 5.92. The zero-order valence-corrected chi connectivity index (χ0v) is 35.5. The lowest BCUT2D eigenvalue weighted by atomic mass is 9.62. The van der Waals surface area contributed by atoms with Crippen molar-refractivity contribution in [2.75, 3.05) is 0 Å². The van der Waals surface area contributed by atoms with Crippen LogP contribution in [0, 0.1) is 88.8 Å². The van der Waals surface area contributed by atoms with Gasteiger partial charge in [0.2, 0.25) is 0 Å². The lowest BCUT2D eigenvalue weighted by Gasteiger charge is -2.44. The maximum absolute atomic E-state index is 10.0. The van der Waals surface area contributed by atoms with Gasteiger partial charge in [0, 0.05) is 0 Å². The van der Waals surface area contributed by atoms with E-state index in [0.29, 0.717) is 11.8 Å². The van der Waals surface area contributed by atoms with Crippen LogP contribution in [-0.2, 0) is 14.3 Å². The summed E-state index contributed by atoms with van der Waals surface area (Å²) in [4.78, 5) is 20.0. The van der Waals surface area contributed by atoms with Crippen LogP contribution in [0.5, 0.6) is 0 Å². The number of aliphatic hydroxyl groups is 1. The molecule has 0 aromatic heterocycles. The fraction of sp³-hybridized carbons (Fsp3) is 0.961. The first-order chi connectivity index (χ1) is 23.4. The Bertz CT molecular complexity index is 880. The first-order valence-corrected chi connectivity index (χ1v) is 21.8. The second kappa shape index (κ2) is 30.2. The summed E-state index contributed by atoms with van der Waals surface area (Å²) in [6.45, 7) is 31.1. The van der Waals surface area contributed by atoms with Gasteiger partial charge in [-0.05, 0) is 147 Å². The summed E-state index contributed by atoms with van der Waals surface area (Å²) >= 11 is 0. The van der Waals surface area contributed by atoms with Crippen LogP contribution >= 0.6 is 0 Å². The number of hydrogen-bond acceptors (Lipinski definition) is 4. The fourth-order valence-corrected chi connectivity index (χ4v) is 11.0. The van der Waals surface area contributed by atoms with E-state index in [0.717, 1.165) is 83.4 Å². The highest BCUT2D eigenvalue weighted by Crippen LogP contribution is 2.47. The SMILES string of the molecule is C.C.C.C.C.CC(C)[C@@H]1CC[C@@H](C)CC1C[C@@H]1C[C@H](C)CC[C@H]1C(C)C.CC(C)[C@@H]1CC[C@@H](C)C[C@H]1C.CC(C)[C@@H]1CC[C@@H](C)C[C@H]1O.O=C1CCC(=O)O1. The van der Waals surface area contributed by atoms with Gasteiger partial charge in [-0.1, -0.05) is 153 Å². The first-order valence-electron chi connectivity index (χ1n) is 21.8. The molecular formula is C51H106O4. The molecule has 334 valence electrons. The molecule has 0 spiro atoms. The molecule has 0 amide bonds. The minimum Gasteiger partial charge on any atom is -0.393 e. The molecule has 4 aliphatic carbocycles. The van der Waals surface area contributed by atoms with Gasteiger partial charge in [0.1, 0.15) is 0 Å². The van der Waals surface area contributed by atoms with Crippen LogP contribution in [0.2, 0.25) is 0 Å². The predicted octanol–water partition coefficient (Wildman–Crippen LogP) is 16.0. The van der Waals surface area contributed by atoms with E-state index >= 15 is 0 Å². The highest BCUT2D eigenvalue weighted by atomic mass is 16.6. The van der Waals surface area contributed by atoms with Crippen molar-refractivity contribution >= 4 is 11.9 Å². The monoisotopic (exact) mass is 783 g/mol. The Morgan fingerprint density at radius 3 is 1.07 bits per heavy atom. The molecule has 0 aromatic carbocycles. The molecule has 1 N–H and O–H groups in total. The summed E-state index contributed by atoms with van der Waals surface area (Å²) in [5.74, 6) is 12.8. The van der Waals surface area contributed by atoms with Crippen molar-refractivity contribution in [3.63, 3.8) is 0 Å². The Morgan fingerprint density at radius 2 is 0.782 bits per heavy atom. The Morgan fingerprint density at radius 1 is 0.473 bits per heavy atom. The van der Waals surface area contributed by atoms with Crippen molar-refractivity contribution in [1.29, 1.82) is 0 Å². The minimum atomic E-state index is -0.398. The Kier molecular flexibility index (Phi) is 33.4. The van der Waals surface area contributed by atoms with E-state index in [1.807, 2.05) is 0 Å². The molecule has 4 saturated carbocycles. The van der Waals surface area contributed by atoms with Gasteiger partial charge in [-0.2, -0.15) is 0 Å². The molecule has 1 saturated heterocycles. The van der Waals surface area contributed by atoms with Crippen LogP contribution < -0.4 is 0 Å². The largest absolute Gasteiger partial charge is 0.393 e. The van der Waals surface area contributed by atoms with Gasteiger partial charge < -0.3 is 9.84 Å². The van der Waals surface area contributed by atoms with Crippen molar-refractivity contribution in [2.45, 2.75) is 230 Å². The molecule has 4 heteroatoms. The number of cyclic esters (lactones) is 2. The lowest BCUT2D eigenvalue weighted by molar-refractivity contribution is -0.151. The van der Waals surface area contributed by atoms with Crippen molar-refractivity contribution in [1.82, 2.24) is 0 Å². The van der Waals surface area contributed by atoms with Gasteiger partial charge in [0.05, 0.1) is 18.9 Å². The Balaban J connectivity index is -0.000000330. The van der Waals surface area contributed by atoms with Crippen molar-refractivity contribution < 1.29 is 19.4 Å². The van der Waals surface area contributed by atoms with E-state index < -0.39 is 11.9 Å². The molecule has 12 atom stereocenters. The Labute approximate surface area is 348 Å². The van der Waals surface area contributed by atoms with E-state index in [2.05, 4.69) is 94.7 Å². The summed E-state index contributed by atoms with van der Waals surface area (Å²) < 4.78 is 4.08. The van der Waals surface area contributed by atoms with Crippen LogP contribution in [0.15, 0.2) is 0 Å². The zero-order valence-electron chi connectivity index (χ0n) is 35.5. The third kappa shape index (κ3) is 21.6. The molecule has 1 unspecified atom stereocenters. The standard InChI is InChI=1S/C21H40.C11H22.C10H20O.C4H4O3.5CH4/c1-14(2)20-9-7-16(5)11-18(20)13-19-12-17(6)8-10-21(19)15(3)4;1-8(2)11-6-5-9(3)7-10(11)4;1-7(2)9-5-4-8(3)6-10(9)11;5-3-1-2-4(6)7-3;;;;;/h14-21H,7-13H2,1-6H3;8-11H,5-7H2,1-4H3;7-11H,4-6H2,1-3H3;1-2H2;5*1H4/t16-,17-,18+,19?,20+,21+;9-,10-,11+;8-,9+,10-;;;;;;/m111....../s1. The van der Waals surface area contributed by atoms with Gasteiger partial charge in [-0.15, -0.1) is 0 Å². The maximum Gasteiger partial charge on any atom is 0.314 e. The van der Waals surface area contributed by atoms with Crippen LogP contribution in [0.4, 0.5) is 0 Å². The van der Waals surface area contributed by atoms with Crippen molar-refractivity contribution in [3.05, 3.63) is 0 Å². The second-order valence-electron chi connectivity index (χ2n) is 20.0. The predicted molar refractivity (Wildman–Crippen MR) is 246 cm³/mol. The van der Waals surface area contributed by atoms with Crippen molar-refractivity contribution in [3.8, 4) is 0 Å². The van der Waals surface area contributed by atoms with Gasteiger partial charge in [-0.25, -0.2) is 0 Å². The number of ether oxygens (including phenoxy) is 1. The molecule has 0 bridgehead atoms. The zero-order chi connectivity index (χ0) is 37.7. The van der Waals surface area contributed by atoms with E-state index in [1.54, 1.807) is 6.42 Å². The molecule has 5 fully saturated rings. The third-order valence-corrected chi connectivity index (χ3v) is 14.0. The van der Waals surface area contributed by atoms with E-state index in [9.17, 15) is 14.7 Å². The third-order valence-electron chi connectivity index (χ3n) is 14.0. The van der Waals surface area contributed by atoms with Crippen LogP contribution in [-0.4, -0.2) is 23.1 Å². The first kappa shape index (κ1) is 60.8. The topological polar surface area (TPSA) is 63.6 Å². The van der Waals surface area contributed by atoms with Gasteiger partial charge in [-0.3, -0.25) is 9.59 Å². The number of carbonyl (C=O) groups is 2. The summed E-state index contributed by atoms with van der Waals surface area (Å²) in [7, 11) is 0. The molecule has 5 aliphatic rings. The molecule has 1 heterocycles. The van der Waals surface area contributed by atoms with Crippen molar-refractivity contribution in [2.24, 2.45) is 88.8 Å². The number of rotatable bonds is 6. The summed E-state index contributed by atoms with van der Waals surface area (Å²) in [5, 5.41) is 9.71. The van der Waals surface area contributed by atoms with Gasteiger partial charge in [0.15, 0.2) is 0 Å². The molecule has 1 aliphatic heterocycles. The van der Waals surface area contributed by atoms with E-state index in [1.165, 1.54) is 70.6 Å². The minimum absolute atomic E-state index is 0.